The molecule has 1 amide bonds. The van der Waals surface area contributed by atoms with E-state index in [0.29, 0.717) is 17.3 Å². The minimum absolute atomic E-state index is 0.0988. The first-order valence-corrected chi connectivity index (χ1v) is 7.18. The van der Waals surface area contributed by atoms with Crippen LogP contribution in [0.25, 0.3) is 0 Å². The number of hydrogen-bond acceptors (Lipinski definition) is 3. The van der Waals surface area contributed by atoms with E-state index in [2.05, 4.69) is 15.4 Å². The third-order valence-corrected chi connectivity index (χ3v) is 3.92. The number of aryl methyl sites for hydroxylation is 2. The van der Waals surface area contributed by atoms with Gasteiger partial charge in [0.05, 0.1) is 10.7 Å². The van der Waals surface area contributed by atoms with E-state index in [4.69, 9.17) is 11.6 Å². The SMILES string of the molecule is Cc1nn(C)c(C)c1CC(C)C(=O)Nc1ncccc1Cl. The van der Waals surface area contributed by atoms with Crippen molar-refractivity contribution in [2.45, 2.75) is 27.2 Å². The maximum absolute atomic E-state index is 12.3. The van der Waals surface area contributed by atoms with Crippen LogP contribution in [0.1, 0.15) is 23.9 Å². The van der Waals surface area contributed by atoms with Gasteiger partial charge in [-0.25, -0.2) is 4.98 Å². The summed E-state index contributed by atoms with van der Waals surface area (Å²) in [4.78, 5) is 16.3. The first kappa shape index (κ1) is 15.5. The fourth-order valence-corrected chi connectivity index (χ4v) is 2.40. The molecule has 0 saturated heterocycles. The molecule has 0 spiro atoms. The average molecular weight is 307 g/mol. The van der Waals surface area contributed by atoms with E-state index in [1.165, 1.54) is 0 Å². The molecule has 2 aromatic rings. The van der Waals surface area contributed by atoms with Gasteiger partial charge in [-0.1, -0.05) is 18.5 Å². The number of carbonyl (C=O) groups is 1. The summed E-state index contributed by atoms with van der Waals surface area (Å²) in [5.74, 6) is 0.110. The van der Waals surface area contributed by atoms with Gasteiger partial charge in [0, 0.05) is 24.9 Å². The molecule has 2 heterocycles. The van der Waals surface area contributed by atoms with Crippen molar-refractivity contribution in [1.82, 2.24) is 14.8 Å². The monoisotopic (exact) mass is 306 g/mol. The van der Waals surface area contributed by atoms with E-state index < -0.39 is 0 Å². The molecule has 1 unspecified atom stereocenters. The van der Waals surface area contributed by atoms with Gasteiger partial charge < -0.3 is 5.32 Å². The number of amides is 1. The number of halogens is 1. The summed E-state index contributed by atoms with van der Waals surface area (Å²) in [6.07, 6.45) is 2.24. The molecule has 0 saturated carbocycles. The molecule has 112 valence electrons. The number of carbonyl (C=O) groups excluding carboxylic acids is 1. The van der Waals surface area contributed by atoms with Gasteiger partial charge in [0.25, 0.3) is 0 Å². The number of hydrogen-bond donors (Lipinski definition) is 1. The summed E-state index contributed by atoms with van der Waals surface area (Å²) < 4.78 is 1.84. The second-order valence-corrected chi connectivity index (χ2v) is 5.61. The van der Waals surface area contributed by atoms with Crippen molar-refractivity contribution in [3.05, 3.63) is 40.3 Å². The van der Waals surface area contributed by atoms with Crippen LogP contribution < -0.4 is 5.32 Å². The zero-order valence-corrected chi connectivity index (χ0v) is 13.4. The molecule has 21 heavy (non-hydrogen) atoms. The van der Waals surface area contributed by atoms with Crippen molar-refractivity contribution in [2.75, 3.05) is 5.32 Å². The fourth-order valence-electron chi connectivity index (χ4n) is 2.23. The Balaban J connectivity index is 2.08. The van der Waals surface area contributed by atoms with Crippen LogP contribution in [-0.4, -0.2) is 20.7 Å². The Hall–Kier alpha value is -1.88. The van der Waals surface area contributed by atoms with Gasteiger partial charge >= 0.3 is 0 Å². The Morgan fingerprint density at radius 2 is 2.19 bits per heavy atom. The smallest absolute Gasteiger partial charge is 0.228 e. The second kappa shape index (κ2) is 6.26. The molecule has 5 nitrogen and oxygen atoms in total. The van der Waals surface area contributed by atoms with Crippen molar-refractivity contribution < 1.29 is 4.79 Å². The van der Waals surface area contributed by atoms with E-state index in [9.17, 15) is 4.79 Å². The molecular weight excluding hydrogens is 288 g/mol. The van der Waals surface area contributed by atoms with Gasteiger partial charge in [-0.2, -0.15) is 5.10 Å². The van der Waals surface area contributed by atoms with Gasteiger partial charge in [0.2, 0.25) is 5.91 Å². The van der Waals surface area contributed by atoms with E-state index in [1.807, 2.05) is 32.5 Å². The molecule has 2 rings (SSSR count). The van der Waals surface area contributed by atoms with Gasteiger partial charge in [-0.15, -0.1) is 0 Å². The standard InChI is InChI=1S/C15H19ClN4O/c1-9(8-12-10(2)19-20(4)11(12)3)15(21)18-14-13(16)6-5-7-17-14/h5-7,9H,8H2,1-4H3,(H,17,18,21). The topological polar surface area (TPSA) is 59.8 Å². The summed E-state index contributed by atoms with van der Waals surface area (Å²) >= 11 is 6.00. The molecule has 0 aliphatic heterocycles. The maximum Gasteiger partial charge on any atom is 0.228 e. The summed E-state index contributed by atoms with van der Waals surface area (Å²) in [6, 6.07) is 3.42. The quantitative estimate of drug-likeness (QED) is 0.945. The molecule has 0 radical (unpaired) electrons. The van der Waals surface area contributed by atoms with Gasteiger partial charge in [0.15, 0.2) is 5.82 Å². The molecule has 0 aliphatic rings. The number of nitrogens with zero attached hydrogens (tertiary/aromatic N) is 3. The molecule has 6 heteroatoms. The molecule has 0 fully saturated rings. The minimum atomic E-state index is -0.190. The van der Waals surface area contributed by atoms with Crippen molar-refractivity contribution in [3.8, 4) is 0 Å². The van der Waals surface area contributed by atoms with Crippen LogP contribution in [0.15, 0.2) is 18.3 Å². The number of pyridine rings is 1. The van der Waals surface area contributed by atoms with Gasteiger partial charge in [0.1, 0.15) is 0 Å². The Kier molecular flexibility index (Phi) is 4.63. The van der Waals surface area contributed by atoms with Crippen molar-refractivity contribution in [3.63, 3.8) is 0 Å². The van der Waals surface area contributed by atoms with E-state index in [-0.39, 0.29) is 11.8 Å². The molecule has 0 bridgehead atoms. The van der Waals surface area contributed by atoms with Crippen LogP contribution in [0, 0.1) is 19.8 Å². The first-order valence-electron chi connectivity index (χ1n) is 6.80. The number of rotatable bonds is 4. The maximum atomic E-state index is 12.3. The lowest BCUT2D eigenvalue weighted by Gasteiger charge is -2.12. The number of nitrogens with one attached hydrogen (secondary N) is 1. The van der Waals surface area contributed by atoms with Crippen LogP contribution in [-0.2, 0) is 18.3 Å². The second-order valence-electron chi connectivity index (χ2n) is 5.20. The predicted molar refractivity (Wildman–Crippen MR) is 83.4 cm³/mol. The highest BCUT2D eigenvalue weighted by Crippen LogP contribution is 2.20. The van der Waals surface area contributed by atoms with Crippen LogP contribution in [0.5, 0.6) is 0 Å². The summed E-state index contributed by atoms with van der Waals surface area (Å²) in [7, 11) is 1.91. The van der Waals surface area contributed by atoms with E-state index in [1.54, 1.807) is 18.3 Å². The zero-order chi connectivity index (χ0) is 15.6. The molecule has 0 aromatic carbocycles. The van der Waals surface area contributed by atoms with Gasteiger partial charge in [-0.05, 0) is 38.0 Å². The molecule has 2 aromatic heterocycles. The average Bonchev–Trinajstić information content (AvgIpc) is 2.67. The highest BCUT2D eigenvalue weighted by Gasteiger charge is 2.19. The highest BCUT2D eigenvalue weighted by atomic mass is 35.5. The lowest BCUT2D eigenvalue weighted by molar-refractivity contribution is -0.119. The lowest BCUT2D eigenvalue weighted by atomic mass is 9.99. The van der Waals surface area contributed by atoms with E-state index in [0.717, 1.165) is 17.0 Å². The summed E-state index contributed by atoms with van der Waals surface area (Å²) in [5.41, 5.74) is 3.17. The molecule has 1 N–H and O–H groups in total. The Bertz CT molecular complexity index is 666. The number of aromatic nitrogens is 3. The number of anilines is 1. The molecule has 1 atom stereocenters. The van der Waals surface area contributed by atoms with Crippen molar-refractivity contribution in [2.24, 2.45) is 13.0 Å². The first-order chi connectivity index (χ1) is 9.90. The third kappa shape index (κ3) is 3.42. The molecular formula is C15H19ClN4O. The normalized spacial score (nSPS) is 12.2. The third-order valence-electron chi connectivity index (χ3n) is 3.62. The zero-order valence-electron chi connectivity index (χ0n) is 12.6. The van der Waals surface area contributed by atoms with Crippen molar-refractivity contribution in [1.29, 1.82) is 0 Å². The van der Waals surface area contributed by atoms with Crippen LogP contribution >= 0.6 is 11.6 Å². The Morgan fingerprint density at radius 3 is 2.76 bits per heavy atom. The Labute approximate surface area is 129 Å². The predicted octanol–water partition coefficient (Wildman–Crippen LogP) is 2.90. The van der Waals surface area contributed by atoms with Crippen molar-refractivity contribution >= 4 is 23.3 Å². The van der Waals surface area contributed by atoms with Crippen LogP contribution in [0.3, 0.4) is 0 Å². The molecule has 0 aliphatic carbocycles. The van der Waals surface area contributed by atoms with Crippen LogP contribution in [0.2, 0.25) is 5.02 Å². The highest BCUT2D eigenvalue weighted by molar-refractivity contribution is 6.33. The summed E-state index contributed by atoms with van der Waals surface area (Å²) in [6.45, 7) is 5.86. The van der Waals surface area contributed by atoms with Gasteiger partial charge in [-0.3, -0.25) is 9.48 Å². The largest absolute Gasteiger partial charge is 0.309 e. The lowest BCUT2D eigenvalue weighted by Crippen LogP contribution is -2.23. The summed E-state index contributed by atoms with van der Waals surface area (Å²) in [5, 5.41) is 7.58. The minimum Gasteiger partial charge on any atom is -0.309 e. The van der Waals surface area contributed by atoms with E-state index >= 15 is 0 Å². The Morgan fingerprint density at radius 1 is 1.48 bits per heavy atom. The fraction of sp³-hybridized carbons (Fsp3) is 0.400. The van der Waals surface area contributed by atoms with Crippen LogP contribution in [0.4, 0.5) is 5.82 Å².